The molecule has 0 amide bonds. The quantitative estimate of drug-likeness (QED) is 0.749. The standard InChI is InChI=1S/C18H15ClN4O2/c1-23-4-3-10(9-23)15-5-11(13(8-20)18(21)22-15)12-6-17(25-2)16(24)7-14(12)19/h3-7,9,24H,1-2H3,(H2,21,22). The number of nitrogens with zero attached hydrogens (tertiary/aromatic N) is 3. The van der Waals surface area contributed by atoms with E-state index in [9.17, 15) is 10.4 Å². The van der Waals surface area contributed by atoms with Gasteiger partial charge < -0.3 is 20.1 Å². The first kappa shape index (κ1) is 16.7. The zero-order valence-electron chi connectivity index (χ0n) is 13.6. The van der Waals surface area contributed by atoms with Gasteiger partial charge in [-0.05, 0) is 18.2 Å². The number of aromatic nitrogens is 2. The van der Waals surface area contributed by atoms with E-state index in [0.717, 1.165) is 5.56 Å². The maximum atomic E-state index is 9.86. The zero-order chi connectivity index (χ0) is 18.1. The fraction of sp³-hybridized carbons (Fsp3) is 0.111. The summed E-state index contributed by atoms with van der Waals surface area (Å²) in [5, 5.41) is 19.6. The third-order valence-electron chi connectivity index (χ3n) is 3.85. The van der Waals surface area contributed by atoms with Gasteiger partial charge in [0, 0.05) is 42.2 Å². The fourth-order valence-electron chi connectivity index (χ4n) is 2.61. The van der Waals surface area contributed by atoms with Gasteiger partial charge in [0.2, 0.25) is 0 Å². The minimum absolute atomic E-state index is 0.0833. The van der Waals surface area contributed by atoms with Gasteiger partial charge in [0.1, 0.15) is 17.5 Å². The summed E-state index contributed by atoms with van der Waals surface area (Å²) in [7, 11) is 3.34. The predicted molar refractivity (Wildman–Crippen MR) is 96.4 cm³/mol. The van der Waals surface area contributed by atoms with E-state index in [1.807, 2.05) is 30.1 Å². The average molecular weight is 355 g/mol. The minimum atomic E-state index is -0.0833. The van der Waals surface area contributed by atoms with Crippen molar-refractivity contribution in [1.82, 2.24) is 9.55 Å². The van der Waals surface area contributed by atoms with E-state index in [1.165, 1.54) is 13.2 Å². The van der Waals surface area contributed by atoms with Gasteiger partial charge in [0.25, 0.3) is 0 Å². The van der Waals surface area contributed by atoms with Crippen LogP contribution in [-0.2, 0) is 7.05 Å². The molecule has 0 aliphatic carbocycles. The smallest absolute Gasteiger partial charge is 0.161 e. The number of methoxy groups -OCH3 is 1. The van der Waals surface area contributed by atoms with E-state index in [4.69, 9.17) is 22.1 Å². The molecule has 0 spiro atoms. The number of phenolic OH excluding ortho intramolecular Hbond substituents is 1. The summed E-state index contributed by atoms with van der Waals surface area (Å²) in [5.74, 6) is 0.280. The Morgan fingerprint density at radius 3 is 2.68 bits per heavy atom. The average Bonchev–Trinajstić information content (AvgIpc) is 3.01. The van der Waals surface area contributed by atoms with Crippen molar-refractivity contribution in [3.05, 3.63) is 47.2 Å². The first-order chi connectivity index (χ1) is 11.9. The molecule has 0 fully saturated rings. The number of ether oxygens (including phenoxy) is 1. The van der Waals surface area contributed by atoms with Crippen LogP contribution >= 0.6 is 11.6 Å². The Hall–Kier alpha value is -3.17. The highest BCUT2D eigenvalue weighted by Gasteiger charge is 2.18. The van der Waals surface area contributed by atoms with E-state index < -0.39 is 0 Å². The maximum absolute atomic E-state index is 9.86. The van der Waals surface area contributed by atoms with E-state index >= 15 is 0 Å². The predicted octanol–water partition coefficient (Wildman–Crippen LogP) is 3.58. The van der Waals surface area contributed by atoms with Crippen LogP contribution in [-0.4, -0.2) is 21.8 Å². The summed E-state index contributed by atoms with van der Waals surface area (Å²) in [6, 6.07) is 8.66. The Morgan fingerprint density at radius 2 is 2.08 bits per heavy atom. The number of nitrogen functional groups attached to an aromatic ring is 1. The van der Waals surface area contributed by atoms with E-state index in [0.29, 0.717) is 16.8 Å². The number of hydrogen-bond acceptors (Lipinski definition) is 5. The van der Waals surface area contributed by atoms with Crippen molar-refractivity contribution in [3.8, 4) is 40.0 Å². The highest BCUT2D eigenvalue weighted by atomic mass is 35.5. The summed E-state index contributed by atoms with van der Waals surface area (Å²) < 4.78 is 7.03. The van der Waals surface area contributed by atoms with Crippen LogP contribution < -0.4 is 10.5 Å². The van der Waals surface area contributed by atoms with Gasteiger partial charge in [-0.2, -0.15) is 5.26 Å². The summed E-state index contributed by atoms with van der Waals surface area (Å²) in [4.78, 5) is 4.32. The molecule has 2 heterocycles. The highest BCUT2D eigenvalue weighted by molar-refractivity contribution is 6.33. The second-order valence-corrected chi connectivity index (χ2v) is 5.90. The van der Waals surface area contributed by atoms with Crippen molar-refractivity contribution in [3.63, 3.8) is 0 Å². The summed E-state index contributed by atoms with van der Waals surface area (Å²) >= 11 is 6.29. The van der Waals surface area contributed by atoms with Crippen molar-refractivity contribution < 1.29 is 9.84 Å². The van der Waals surface area contributed by atoms with E-state index in [2.05, 4.69) is 11.1 Å². The lowest BCUT2D eigenvalue weighted by atomic mass is 9.98. The molecule has 7 heteroatoms. The maximum Gasteiger partial charge on any atom is 0.161 e. The van der Waals surface area contributed by atoms with Crippen LogP contribution in [0.4, 0.5) is 5.82 Å². The number of halogens is 1. The number of nitrogens with two attached hydrogens (primary N) is 1. The van der Waals surface area contributed by atoms with Gasteiger partial charge >= 0.3 is 0 Å². The molecule has 6 nitrogen and oxygen atoms in total. The summed E-state index contributed by atoms with van der Waals surface area (Å²) in [5.41, 5.74) is 8.75. The molecule has 0 aliphatic rings. The molecule has 3 aromatic rings. The van der Waals surface area contributed by atoms with Crippen LogP contribution in [0.25, 0.3) is 22.4 Å². The highest BCUT2D eigenvalue weighted by Crippen LogP contribution is 2.40. The minimum Gasteiger partial charge on any atom is -0.504 e. The Labute approximate surface area is 149 Å². The van der Waals surface area contributed by atoms with Gasteiger partial charge in [0.05, 0.1) is 17.8 Å². The third kappa shape index (κ3) is 2.97. The monoisotopic (exact) mass is 354 g/mol. The van der Waals surface area contributed by atoms with Crippen molar-refractivity contribution in [1.29, 1.82) is 5.26 Å². The summed E-state index contributed by atoms with van der Waals surface area (Å²) in [6.07, 6.45) is 3.79. The number of hydrogen-bond donors (Lipinski definition) is 2. The Morgan fingerprint density at radius 1 is 1.32 bits per heavy atom. The molecule has 0 saturated heterocycles. The molecule has 0 bridgehead atoms. The van der Waals surface area contributed by atoms with Crippen LogP contribution in [0.3, 0.4) is 0 Å². The molecule has 0 saturated carbocycles. The number of nitriles is 1. The van der Waals surface area contributed by atoms with E-state index in [-0.39, 0.29) is 27.9 Å². The van der Waals surface area contributed by atoms with E-state index in [1.54, 1.807) is 12.1 Å². The molecular weight excluding hydrogens is 340 g/mol. The molecule has 1 aromatic carbocycles. The number of benzene rings is 1. The number of anilines is 1. The lowest BCUT2D eigenvalue weighted by Gasteiger charge is -2.13. The first-order valence-corrected chi connectivity index (χ1v) is 7.72. The fourth-order valence-corrected chi connectivity index (χ4v) is 2.87. The van der Waals surface area contributed by atoms with Crippen LogP contribution in [0.15, 0.2) is 36.7 Å². The molecule has 25 heavy (non-hydrogen) atoms. The number of aryl methyl sites for hydroxylation is 1. The Kier molecular flexibility index (Phi) is 4.26. The molecule has 3 N–H and O–H groups in total. The molecule has 3 rings (SSSR count). The lowest BCUT2D eigenvalue weighted by molar-refractivity contribution is 0.373. The second-order valence-electron chi connectivity index (χ2n) is 5.50. The number of aromatic hydroxyl groups is 1. The largest absolute Gasteiger partial charge is 0.504 e. The van der Waals surface area contributed by atoms with Crippen molar-refractivity contribution in [2.24, 2.45) is 7.05 Å². The van der Waals surface area contributed by atoms with Gasteiger partial charge in [-0.25, -0.2) is 4.98 Å². The van der Waals surface area contributed by atoms with Crippen molar-refractivity contribution in [2.45, 2.75) is 0 Å². The van der Waals surface area contributed by atoms with Crippen molar-refractivity contribution >= 4 is 17.4 Å². The van der Waals surface area contributed by atoms with Crippen LogP contribution in [0, 0.1) is 11.3 Å². The van der Waals surface area contributed by atoms with Gasteiger partial charge in [0.15, 0.2) is 11.5 Å². The molecule has 0 aliphatic heterocycles. The topological polar surface area (TPSA) is 97.1 Å². The Balaban J connectivity index is 2.28. The normalized spacial score (nSPS) is 10.5. The number of rotatable bonds is 3. The molecule has 2 aromatic heterocycles. The molecule has 0 radical (unpaired) electrons. The van der Waals surface area contributed by atoms with Crippen LogP contribution in [0.1, 0.15) is 5.56 Å². The van der Waals surface area contributed by atoms with Crippen LogP contribution in [0.2, 0.25) is 5.02 Å². The van der Waals surface area contributed by atoms with Gasteiger partial charge in [-0.1, -0.05) is 11.6 Å². The van der Waals surface area contributed by atoms with Gasteiger partial charge in [-0.15, -0.1) is 0 Å². The molecular formula is C18H15ClN4O2. The number of pyridine rings is 1. The molecule has 126 valence electrons. The van der Waals surface area contributed by atoms with Crippen LogP contribution in [0.5, 0.6) is 11.5 Å². The third-order valence-corrected chi connectivity index (χ3v) is 4.16. The Bertz CT molecular complexity index is 1010. The molecule has 0 atom stereocenters. The zero-order valence-corrected chi connectivity index (χ0v) is 14.4. The first-order valence-electron chi connectivity index (χ1n) is 7.34. The summed E-state index contributed by atoms with van der Waals surface area (Å²) in [6.45, 7) is 0. The molecule has 0 unspecified atom stereocenters. The number of phenols is 1. The van der Waals surface area contributed by atoms with Gasteiger partial charge in [-0.3, -0.25) is 0 Å². The lowest BCUT2D eigenvalue weighted by Crippen LogP contribution is -2.00. The second kappa shape index (κ2) is 6.38. The van der Waals surface area contributed by atoms with Crippen molar-refractivity contribution in [2.75, 3.05) is 12.8 Å². The SMILES string of the molecule is COc1cc(-c2cc(-c3ccn(C)c3)nc(N)c2C#N)c(Cl)cc1O.